The van der Waals surface area contributed by atoms with Crippen molar-refractivity contribution >= 4 is 29.1 Å². The quantitative estimate of drug-likeness (QED) is 0.197. The third-order valence-corrected chi connectivity index (χ3v) is 7.21. The van der Waals surface area contributed by atoms with E-state index < -0.39 is 17.7 Å². The topological polar surface area (TPSA) is 70.1 Å². The van der Waals surface area contributed by atoms with Crippen LogP contribution in [0.15, 0.2) is 78.4 Å². The van der Waals surface area contributed by atoms with Crippen LogP contribution in [0.25, 0.3) is 5.76 Å². The summed E-state index contributed by atoms with van der Waals surface area (Å²) in [6.07, 6.45) is 0. The van der Waals surface area contributed by atoms with Gasteiger partial charge in [0.1, 0.15) is 18.1 Å². The summed E-state index contributed by atoms with van der Waals surface area (Å²) in [5, 5.41) is 12.0. The van der Waals surface area contributed by atoms with Crippen molar-refractivity contribution in [3.63, 3.8) is 0 Å². The van der Waals surface area contributed by atoms with Crippen molar-refractivity contribution in [2.45, 2.75) is 33.4 Å². The first-order valence-electron chi connectivity index (χ1n) is 12.9. The molecule has 0 bridgehead atoms. The molecule has 0 saturated carbocycles. The van der Waals surface area contributed by atoms with Crippen molar-refractivity contribution in [3.8, 4) is 5.75 Å². The number of hydrogen-bond acceptors (Lipinski definition) is 5. The number of benzene rings is 3. The minimum Gasteiger partial charge on any atom is -0.507 e. The first-order valence-corrected chi connectivity index (χ1v) is 13.3. The maximum Gasteiger partial charge on any atom is 0.295 e. The lowest BCUT2D eigenvalue weighted by molar-refractivity contribution is -0.140. The smallest absolute Gasteiger partial charge is 0.295 e. The van der Waals surface area contributed by atoms with Gasteiger partial charge in [0.15, 0.2) is 0 Å². The van der Waals surface area contributed by atoms with Gasteiger partial charge < -0.3 is 19.6 Å². The van der Waals surface area contributed by atoms with Gasteiger partial charge in [-0.1, -0.05) is 67.9 Å². The lowest BCUT2D eigenvalue weighted by atomic mass is 9.95. The summed E-state index contributed by atoms with van der Waals surface area (Å²) in [5.74, 6) is -0.826. The largest absolute Gasteiger partial charge is 0.507 e. The predicted molar refractivity (Wildman–Crippen MR) is 150 cm³/mol. The molecule has 3 aromatic rings. The molecule has 198 valence electrons. The number of aliphatic hydroxyl groups excluding tert-OH is 1. The van der Waals surface area contributed by atoms with Gasteiger partial charge in [-0.05, 0) is 67.0 Å². The van der Waals surface area contributed by atoms with Crippen molar-refractivity contribution in [3.05, 3.63) is 106 Å². The Morgan fingerprint density at radius 3 is 2.32 bits per heavy atom. The van der Waals surface area contributed by atoms with Crippen LogP contribution in [0.2, 0.25) is 5.02 Å². The number of hydrogen-bond donors (Lipinski definition) is 1. The normalized spacial score (nSPS) is 16.9. The van der Waals surface area contributed by atoms with Gasteiger partial charge in [-0.3, -0.25) is 9.59 Å². The Kier molecular flexibility index (Phi) is 8.87. The lowest BCUT2D eigenvalue weighted by Gasteiger charge is -2.28. The molecule has 7 heteroatoms. The average Bonchev–Trinajstić information content (AvgIpc) is 3.18. The number of carbonyl (C=O) groups is 2. The number of ether oxygens (including phenoxy) is 1. The number of nitrogens with zero attached hydrogens (tertiary/aromatic N) is 2. The van der Waals surface area contributed by atoms with Gasteiger partial charge in [-0.2, -0.15) is 0 Å². The van der Waals surface area contributed by atoms with Crippen molar-refractivity contribution in [1.82, 2.24) is 9.80 Å². The highest BCUT2D eigenvalue weighted by molar-refractivity contribution is 6.46. The molecule has 1 atom stereocenters. The van der Waals surface area contributed by atoms with E-state index in [1.54, 1.807) is 47.4 Å². The summed E-state index contributed by atoms with van der Waals surface area (Å²) in [5.41, 5.74) is 3.11. The van der Waals surface area contributed by atoms with Gasteiger partial charge in [-0.25, -0.2) is 0 Å². The van der Waals surface area contributed by atoms with Crippen LogP contribution in [0.3, 0.4) is 0 Å². The van der Waals surface area contributed by atoms with Crippen molar-refractivity contribution in [2.24, 2.45) is 0 Å². The molecular formula is C31H33ClN2O4. The van der Waals surface area contributed by atoms with Crippen LogP contribution in [-0.2, 0) is 16.2 Å². The first-order chi connectivity index (χ1) is 18.3. The third-order valence-electron chi connectivity index (χ3n) is 6.96. The van der Waals surface area contributed by atoms with Crippen LogP contribution in [0, 0.1) is 6.92 Å². The van der Waals surface area contributed by atoms with E-state index in [4.69, 9.17) is 16.3 Å². The molecule has 0 spiro atoms. The minimum absolute atomic E-state index is 0.0780. The fourth-order valence-corrected chi connectivity index (χ4v) is 4.87. The highest BCUT2D eigenvalue weighted by Crippen LogP contribution is 2.40. The second-order valence-corrected chi connectivity index (χ2v) is 9.76. The van der Waals surface area contributed by atoms with Gasteiger partial charge in [0, 0.05) is 23.7 Å². The monoisotopic (exact) mass is 532 g/mol. The molecule has 0 unspecified atom stereocenters. The lowest BCUT2D eigenvalue weighted by Crippen LogP contribution is -2.38. The van der Waals surface area contributed by atoms with E-state index in [0.29, 0.717) is 41.6 Å². The maximum atomic E-state index is 13.3. The number of aryl methyl sites for hydroxylation is 1. The Balaban J connectivity index is 1.68. The summed E-state index contributed by atoms with van der Waals surface area (Å²) >= 11 is 6.12. The summed E-state index contributed by atoms with van der Waals surface area (Å²) in [7, 11) is 0. The molecule has 1 fully saturated rings. The van der Waals surface area contributed by atoms with Crippen LogP contribution >= 0.6 is 11.6 Å². The number of Topliss-reactive ketones (excluding diaryl/α,β-unsaturated/α-hetero) is 1. The molecule has 38 heavy (non-hydrogen) atoms. The van der Waals surface area contributed by atoms with Crippen LogP contribution in [0.4, 0.5) is 0 Å². The SMILES string of the molecule is CCN(CC)CCN1C(=O)C(=O)C(=C(O)c2ccc(OCc3ccccc3)c(C)c2)[C@@H]1c1ccc(Cl)cc1. The Bertz CT molecular complexity index is 1320. The average molecular weight is 533 g/mol. The number of aliphatic hydroxyl groups is 1. The Labute approximate surface area is 229 Å². The van der Waals surface area contributed by atoms with E-state index in [1.165, 1.54) is 0 Å². The number of rotatable bonds is 10. The summed E-state index contributed by atoms with van der Waals surface area (Å²) in [6.45, 7) is 9.08. The van der Waals surface area contributed by atoms with Gasteiger partial charge >= 0.3 is 0 Å². The van der Waals surface area contributed by atoms with Crippen LogP contribution < -0.4 is 4.74 Å². The second-order valence-electron chi connectivity index (χ2n) is 9.33. The van der Waals surface area contributed by atoms with Crippen LogP contribution in [-0.4, -0.2) is 52.8 Å². The van der Waals surface area contributed by atoms with E-state index in [1.807, 2.05) is 37.3 Å². The molecule has 1 aliphatic heterocycles. The molecule has 4 rings (SSSR count). The highest BCUT2D eigenvalue weighted by Gasteiger charge is 2.46. The van der Waals surface area contributed by atoms with Gasteiger partial charge in [0.05, 0.1) is 11.6 Å². The van der Waals surface area contributed by atoms with Crippen LogP contribution in [0.5, 0.6) is 5.75 Å². The Morgan fingerprint density at radius 2 is 1.68 bits per heavy atom. The number of ketones is 1. The van der Waals surface area contributed by atoms with E-state index in [-0.39, 0.29) is 11.3 Å². The predicted octanol–water partition coefficient (Wildman–Crippen LogP) is 5.99. The fraction of sp³-hybridized carbons (Fsp3) is 0.290. The third kappa shape index (κ3) is 5.93. The van der Waals surface area contributed by atoms with Gasteiger partial charge in [0.2, 0.25) is 0 Å². The van der Waals surface area contributed by atoms with Crippen molar-refractivity contribution in [1.29, 1.82) is 0 Å². The standard InChI is InChI=1S/C31H33ClN2O4/c1-4-33(5-2)17-18-34-28(23-11-14-25(32)15-12-23)27(30(36)31(34)37)29(35)24-13-16-26(21(3)19-24)38-20-22-9-7-6-8-10-22/h6-16,19,28,35H,4-5,17-18,20H2,1-3H3/t28-/m0/s1. The molecule has 1 aliphatic rings. The van der Waals surface area contributed by atoms with Crippen molar-refractivity contribution in [2.75, 3.05) is 26.2 Å². The van der Waals surface area contributed by atoms with Gasteiger partial charge in [-0.15, -0.1) is 0 Å². The summed E-state index contributed by atoms with van der Waals surface area (Å²) in [4.78, 5) is 30.2. The maximum absolute atomic E-state index is 13.3. The van der Waals surface area contributed by atoms with E-state index in [2.05, 4.69) is 18.7 Å². The zero-order chi connectivity index (χ0) is 27.2. The zero-order valence-electron chi connectivity index (χ0n) is 22.0. The fourth-order valence-electron chi connectivity index (χ4n) is 4.74. The van der Waals surface area contributed by atoms with Gasteiger partial charge in [0.25, 0.3) is 11.7 Å². The molecular weight excluding hydrogens is 500 g/mol. The first kappa shape index (κ1) is 27.4. The molecule has 3 aromatic carbocycles. The zero-order valence-corrected chi connectivity index (χ0v) is 22.7. The second kappa shape index (κ2) is 12.3. The van der Waals surface area contributed by atoms with E-state index >= 15 is 0 Å². The molecule has 0 radical (unpaired) electrons. The van der Waals surface area contributed by atoms with E-state index in [9.17, 15) is 14.7 Å². The molecule has 1 heterocycles. The molecule has 1 N–H and O–H groups in total. The Hall–Kier alpha value is -3.61. The van der Waals surface area contributed by atoms with Crippen molar-refractivity contribution < 1.29 is 19.4 Å². The molecule has 1 saturated heterocycles. The molecule has 1 amide bonds. The Morgan fingerprint density at radius 1 is 1.00 bits per heavy atom. The number of likely N-dealkylation sites (N-methyl/N-ethyl adjacent to an activating group) is 1. The summed E-state index contributed by atoms with van der Waals surface area (Å²) < 4.78 is 5.97. The molecule has 0 aromatic heterocycles. The number of halogens is 1. The highest BCUT2D eigenvalue weighted by atomic mass is 35.5. The number of carbonyl (C=O) groups excluding carboxylic acids is 2. The molecule has 0 aliphatic carbocycles. The molecule has 6 nitrogen and oxygen atoms in total. The number of amides is 1. The van der Waals surface area contributed by atoms with Crippen LogP contribution in [0.1, 0.15) is 42.1 Å². The number of likely N-dealkylation sites (tertiary alicyclic amines) is 1. The van der Waals surface area contributed by atoms with E-state index in [0.717, 1.165) is 24.2 Å². The summed E-state index contributed by atoms with van der Waals surface area (Å²) in [6, 6.07) is 21.5. The minimum atomic E-state index is -0.711.